The molecule has 1 nitrogen and oxygen atoms in total. The van der Waals surface area contributed by atoms with E-state index in [0.29, 0.717) is 11.3 Å². The van der Waals surface area contributed by atoms with Crippen LogP contribution in [0, 0.1) is 5.82 Å². The summed E-state index contributed by atoms with van der Waals surface area (Å²) in [6.07, 6.45) is -3.77. The highest BCUT2D eigenvalue weighted by atomic mass is 32.1. The predicted octanol–water partition coefficient (Wildman–Crippen LogP) is 4.98. The van der Waals surface area contributed by atoms with E-state index in [0.717, 1.165) is 23.1 Å². The van der Waals surface area contributed by atoms with Gasteiger partial charge in [-0.3, -0.25) is 0 Å². The summed E-state index contributed by atoms with van der Waals surface area (Å²) in [6, 6.07) is 5.58. The van der Waals surface area contributed by atoms with Crippen LogP contribution in [0.1, 0.15) is 29.8 Å². The Bertz CT molecular complexity index is 603. The van der Waals surface area contributed by atoms with Crippen molar-refractivity contribution in [1.82, 2.24) is 0 Å². The van der Waals surface area contributed by atoms with Gasteiger partial charge in [-0.1, -0.05) is 6.92 Å². The zero-order valence-corrected chi connectivity index (χ0v) is 11.5. The average molecular weight is 303 g/mol. The monoisotopic (exact) mass is 303 g/mol. The van der Waals surface area contributed by atoms with Gasteiger partial charge in [-0.05, 0) is 36.8 Å². The molecule has 0 bridgehead atoms. The van der Waals surface area contributed by atoms with Crippen LogP contribution in [-0.2, 0) is 6.18 Å². The number of hydrogen-bond donors (Lipinski definition) is 1. The van der Waals surface area contributed by atoms with E-state index in [-0.39, 0.29) is 11.6 Å². The van der Waals surface area contributed by atoms with Crippen molar-refractivity contribution in [2.45, 2.75) is 25.6 Å². The summed E-state index contributed by atoms with van der Waals surface area (Å²) >= 11 is 1.22. The first-order chi connectivity index (χ1) is 9.32. The van der Waals surface area contributed by atoms with Gasteiger partial charge in [-0.25, -0.2) is 4.39 Å². The Morgan fingerprint density at radius 2 is 1.90 bits per heavy atom. The minimum atomic E-state index is -4.48. The largest absolute Gasteiger partial charge is 0.416 e. The third-order valence-corrected chi connectivity index (χ3v) is 4.24. The standard InChI is InChI=1S/C14H13F4NS/c1-2-11(19)13-6-5-12(20-13)9-7-8(14(16,17)18)3-4-10(9)15/h3-7,11H,2,19H2,1H3. The molecular weight excluding hydrogens is 290 g/mol. The lowest BCUT2D eigenvalue weighted by Crippen LogP contribution is -2.06. The van der Waals surface area contributed by atoms with Crippen LogP contribution in [0.5, 0.6) is 0 Å². The van der Waals surface area contributed by atoms with E-state index in [2.05, 4.69) is 0 Å². The molecule has 0 saturated heterocycles. The summed E-state index contributed by atoms with van der Waals surface area (Å²) < 4.78 is 51.7. The molecule has 0 spiro atoms. The molecule has 1 atom stereocenters. The van der Waals surface area contributed by atoms with Gasteiger partial charge in [0.05, 0.1) is 5.56 Å². The molecule has 1 aromatic heterocycles. The molecule has 0 aliphatic rings. The van der Waals surface area contributed by atoms with E-state index in [4.69, 9.17) is 5.73 Å². The number of halogens is 4. The molecule has 0 saturated carbocycles. The van der Waals surface area contributed by atoms with Crippen molar-refractivity contribution in [3.8, 4) is 10.4 Å². The Morgan fingerprint density at radius 3 is 2.50 bits per heavy atom. The summed E-state index contributed by atoms with van der Waals surface area (Å²) in [5, 5.41) is 0. The molecule has 1 unspecified atom stereocenters. The summed E-state index contributed by atoms with van der Waals surface area (Å²) in [4.78, 5) is 1.28. The maximum Gasteiger partial charge on any atom is 0.416 e. The second-order valence-corrected chi connectivity index (χ2v) is 5.52. The fraction of sp³-hybridized carbons (Fsp3) is 0.286. The molecule has 108 valence electrons. The minimum Gasteiger partial charge on any atom is -0.323 e. The van der Waals surface area contributed by atoms with Crippen molar-refractivity contribution in [3.63, 3.8) is 0 Å². The molecule has 0 radical (unpaired) electrons. The minimum absolute atomic E-state index is 0.0422. The van der Waals surface area contributed by atoms with Crippen LogP contribution in [0.2, 0.25) is 0 Å². The van der Waals surface area contributed by atoms with Crippen LogP contribution >= 0.6 is 11.3 Å². The summed E-state index contributed by atoms with van der Waals surface area (Å²) in [7, 11) is 0. The molecule has 2 N–H and O–H groups in total. The molecule has 1 aromatic carbocycles. The first-order valence-electron chi connectivity index (χ1n) is 6.05. The smallest absolute Gasteiger partial charge is 0.323 e. The summed E-state index contributed by atoms with van der Waals surface area (Å²) in [5.74, 6) is -0.670. The lowest BCUT2D eigenvalue weighted by atomic mass is 10.1. The Hall–Kier alpha value is -1.40. The molecule has 2 aromatic rings. The molecule has 0 aliphatic carbocycles. The van der Waals surface area contributed by atoms with Crippen molar-refractivity contribution in [1.29, 1.82) is 0 Å². The molecule has 20 heavy (non-hydrogen) atoms. The topological polar surface area (TPSA) is 26.0 Å². The number of nitrogens with two attached hydrogens (primary N) is 1. The van der Waals surface area contributed by atoms with Gasteiger partial charge in [-0.2, -0.15) is 13.2 Å². The fourth-order valence-corrected chi connectivity index (χ4v) is 2.90. The van der Waals surface area contributed by atoms with E-state index in [1.165, 1.54) is 11.3 Å². The molecule has 0 aliphatic heterocycles. The SMILES string of the molecule is CCC(N)c1ccc(-c2cc(C(F)(F)F)ccc2F)s1. The van der Waals surface area contributed by atoms with Gasteiger partial charge >= 0.3 is 6.18 Å². The van der Waals surface area contributed by atoms with E-state index < -0.39 is 17.6 Å². The lowest BCUT2D eigenvalue weighted by Gasteiger charge is -2.09. The molecular formula is C14H13F4NS. The van der Waals surface area contributed by atoms with Gasteiger partial charge in [0.15, 0.2) is 0 Å². The first kappa shape index (κ1) is 15.0. The number of alkyl halides is 3. The third kappa shape index (κ3) is 3.02. The van der Waals surface area contributed by atoms with Gasteiger partial charge in [0.25, 0.3) is 0 Å². The van der Waals surface area contributed by atoms with Crippen molar-refractivity contribution < 1.29 is 17.6 Å². The zero-order valence-electron chi connectivity index (χ0n) is 10.7. The Labute approximate surface area is 118 Å². The van der Waals surface area contributed by atoms with Gasteiger partial charge < -0.3 is 5.73 Å². The third-order valence-electron chi connectivity index (χ3n) is 2.99. The molecule has 2 rings (SSSR count). The second-order valence-electron chi connectivity index (χ2n) is 4.41. The van der Waals surface area contributed by atoms with Crippen LogP contribution in [0.3, 0.4) is 0 Å². The number of benzene rings is 1. The van der Waals surface area contributed by atoms with E-state index in [9.17, 15) is 17.6 Å². The van der Waals surface area contributed by atoms with E-state index in [1.807, 2.05) is 6.92 Å². The van der Waals surface area contributed by atoms with Gasteiger partial charge in [0.2, 0.25) is 0 Å². The Kier molecular flexibility index (Phi) is 4.15. The average Bonchev–Trinajstić information content (AvgIpc) is 2.86. The summed E-state index contributed by atoms with van der Waals surface area (Å²) in [6.45, 7) is 1.91. The van der Waals surface area contributed by atoms with Crippen LogP contribution in [0.15, 0.2) is 30.3 Å². The molecule has 6 heteroatoms. The lowest BCUT2D eigenvalue weighted by molar-refractivity contribution is -0.137. The highest BCUT2D eigenvalue weighted by Crippen LogP contribution is 2.37. The van der Waals surface area contributed by atoms with Crippen LogP contribution < -0.4 is 5.73 Å². The highest BCUT2D eigenvalue weighted by Gasteiger charge is 2.31. The second kappa shape index (κ2) is 5.54. The Morgan fingerprint density at radius 1 is 1.20 bits per heavy atom. The zero-order chi connectivity index (χ0) is 14.9. The predicted molar refractivity (Wildman–Crippen MR) is 71.9 cm³/mol. The van der Waals surface area contributed by atoms with E-state index >= 15 is 0 Å². The maximum absolute atomic E-state index is 13.7. The number of rotatable bonds is 3. The van der Waals surface area contributed by atoms with Crippen molar-refractivity contribution in [2.24, 2.45) is 5.73 Å². The van der Waals surface area contributed by atoms with E-state index in [1.54, 1.807) is 12.1 Å². The number of thiophene rings is 1. The maximum atomic E-state index is 13.7. The van der Waals surface area contributed by atoms with Crippen LogP contribution in [0.25, 0.3) is 10.4 Å². The van der Waals surface area contributed by atoms with Crippen molar-refractivity contribution in [3.05, 3.63) is 46.6 Å². The normalized spacial score (nSPS) is 13.5. The van der Waals surface area contributed by atoms with Gasteiger partial charge in [0.1, 0.15) is 5.82 Å². The summed E-state index contributed by atoms with van der Waals surface area (Å²) in [5.41, 5.74) is 4.96. The van der Waals surface area contributed by atoms with Crippen molar-refractivity contribution >= 4 is 11.3 Å². The highest BCUT2D eigenvalue weighted by molar-refractivity contribution is 7.15. The number of hydrogen-bond acceptors (Lipinski definition) is 2. The first-order valence-corrected chi connectivity index (χ1v) is 6.87. The molecule has 1 heterocycles. The van der Waals surface area contributed by atoms with Crippen LogP contribution in [0.4, 0.5) is 17.6 Å². The van der Waals surface area contributed by atoms with Crippen molar-refractivity contribution in [2.75, 3.05) is 0 Å². The van der Waals surface area contributed by atoms with Crippen LogP contribution in [-0.4, -0.2) is 0 Å². The van der Waals surface area contributed by atoms with Gasteiger partial charge in [0, 0.05) is 21.4 Å². The fourth-order valence-electron chi connectivity index (χ4n) is 1.79. The molecule has 0 fully saturated rings. The van der Waals surface area contributed by atoms with Gasteiger partial charge in [-0.15, -0.1) is 11.3 Å². The quantitative estimate of drug-likeness (QED) is 0.795. The Balaban J connectivity index is 2.44. The molecule has 0 amide bonds.